The Morgan fingerprint density at radius 1 is 1.26 bits per heavy atom. The molecule has 2 aromatic carbocycles. The van der Waals surface area contributed by atoms with Gasteiger partial charge >= 0.3 is 0 Å². The van der Waals surface area contributed by atoms with Crippen molar-refractivity contribution in [2.24, 2.45) is 0 Å². The molecule has 0 saturated carbocycles. The molecule has 0 aliphatic rings. The lowest BCUT2D eigenvalue weighted by Gasteiger charge is -2.19. The van der Waals surface area contributed by atoms with Crippen molar-refractivity contribution in [3.05, 3.63) is 64.7 Å². The average Bonchev–Trinajstić information content (AvgIpc) is 2.53. The zero-order chi connectivity index (χ0) is 17.0. The Morgan fingerprint density at radius 2 is 1.91 bits per heavy atom. The van der Waals surface area contributed by atoms with Crippen molar-refractivity contribution in [3.63, 3.8) is 0 Å². The summed E-state index contributed by atoms with van der Waals surface area (Å²) in [5, 5.41) is 11.9. The van der Waals surface area contributed by atoms with Gasteiger partial charge in [0.05, 0.1) is 19.8 Å². The number of ether oxygens (including phenoxy) is 1. The Bertz CT molecular complexity index is 699. The molecule has 0 fully saturated rings. The fourth-order valence-electron chi connectivity index (χ4n) is 2.31. The third-order valence-electron chi connectivity index (χ3n) is 3.51. The van der Waals surface area contributed by atoms with E-state index in [9.17, 15) is 18.7 Å². The summed E-state index contributed by atoms with van der Waals surface area (Å²) in [6.45, 7) is 1.09. The Labute approximate surface area is 132 Å². The van der Waals surface area contributed by atoms with Crippen LogP contribution in [-0.4, -0.2) is 24.7 Å². The van der Waals surface area contributed by atoms with E-state index in [1.54, 1.807) is 25.1 Å². The summed E-state index contributed by atoms with van der Waals surface area (Å²) < 4.78 is 32.7. The maximum Gasteiger partial charge on any atom is 0.252 e. The van der Waals surface area contributed by atoms with E-state index < -0.39 is 30.2 Å². The van der Waals surface area contributed by atoms with Gasteiger partial charge in [-0.1, -0.05) is 6.07 Å². The highest BCUT2D eigenvalue weighted by Gasteiger charge is 2.22. The van der Waals surface area contributed by atoms with E-state index in [1.807, 2.05) is 0 Å². The molecule has 0 saturated heterocycles. The molecule has 1 unspecified atom stereocenters. The van der Waals surface area contributed by atoms with E-state index in [2.05, 4.69) is 5.32 Å². The number of aryl methyl sites for hydroxylation is 1. The predicted octanol–water partition coefficient (Wildman–Crippen LogP) is 2.75. The zero-order valence-corrected chi connectivity index (χ0v) is 12.8. The molecular formula is C17H17F2NO3. The van der Waals surface area contributed by atoms with Crippen molar-refractivity contribution in [2.75, 3.05) is 13.7 Å². The summed E-state index contributed by atoms with van der Waals surface area (Å²) in [7, 11) is 1.51. The first-order chi connectivity index (χ1) is 11.0. The van der Waals surface area contributed by atoms with Crippen molar-refractivity contribution >= 4 is 5.91 Å². The standard InChI is InChI=1S/C17H17F2NO3/c1-10-8-11(23-2)6-7-12(10)17(22)20-15(9-21)16-13(18)4-3-5-14(16)19/h3-8,15,21H,9H2,1-2H3,(H,20,22). The summed E-state index contributed by atoms with van der Waals surface area (Å²) >= 11 is 0. The van der Waals surface area contributed by atoms with Gasteiger partial charge in [-0.25, -0.2) is 8.78 Å². The summed E-state index contributed by atoms with van der Waals surface area (Å²) in [6.07, 6.45) is 0. The van der Waals surface area contributed by atoms with Crippen LogP contribution in [0.4, 0.5) is 8.78 Å². The molecule has 122 valence electrons. The van der Waals surface area contributed by atoms with E-state index in [0.717, 1.165) is 12.1 Å². The number of aliphatic hydroxyl groups excluding tert-OH is 1. The lowest BCUT2D eigenvalue weighted by Crippen LogP contribution is -2.32. The molecule has 0 aliphatic carbocycles. The lowest BCUT2D eigenvalue weighted by molar-refractivity contribution is 0.0913. The first kappa shape index (κ1) is 16.9. The number of hydrogen-bond donors (Lipinski definition) is 2. The molecule has 4 nitrogen and oxygen atoms in total. The lowest BCUT2D eigenvalue weighted by atomic mass is 10.0. The number of hydrogen-bond acceptors (Lipinski definition) is 3. The Morgan fingerprint density at radius 3 is 2.43 bits per heavy atom. The minimum Gasteiger partial charge on any atom is -0.497 e. The third-order valence-corrected chi connectivity index (χ3v) is 3.51. The first-order valence-corrected chi connectivity index (χ1v) is 6.98. The van der Waals surface area contributed by atoms with Gasteiger partial charge in [-0.3, -0.25) is 4.79 Å². The van der Waals surface area contributed by atoms with E-state index in [4.69, 9.17) is 4.74 Å². The van der Waals surface area contributed by atoms with Gasteiger partial charge in [0.1, 0.15) is 17.4 Å². The molecule has 1 atom stereocenters. The molecule has 0 spiro atoms. The normalized spacial score (nSPS) is 11.9. The molecule has 2 rings (SSSR count). The SMILES string of the molecule is COc1ccc(C(=O)NC(CO)c2c(F)cccc2F)c(C)c1. The number of methoxy groups -OCH3 is 1. The van der Waals surface area contributed by atoms with Crippen LogP contribution in [0.1, 0.15) is 27.5 Å². The van der Waals surface area contributed by atoms with Crippen molar-refractivity contribution < 1.29 is 23.4 Å². The van der Waals surface area contributed by atoms with E-state index in [1.165, 1.54) is 13.2 Å². The summed E-state index contributed by atoms with van der Waals surface area (Å²) in [5.41, 5.74) is 0.614. The van der Waals surface area contributed by atoms with Gasteiger partial charge in [0.15, 0.2) is 0 Å². The fraction of sp³-hybridized carbons (Fsp3) is 0.235. The number of carbonyl (C=O) groups is 1. The van der Waals surface area contributed by atoms with Crippen molar-refractivity contribution in [1.29, 1.82) is 0 Å². The van der Waals surface area contributed by atoms with Gasteiger partial charge in [-0.15, -0.1) is 0 Å². The topological polar surface area (TPSA) is 58.6 Å². The largest absolute Gasteiger partial charge is 0.497 e. The quantitative estimate of drug-likeness (QED) is 0.890. The Kier molecular flexibility index (Phi) is 5.28. The highest BCUT2D eigenvalue weighted by molar-refractivity contribution is 5.96. The molecule has 2 aromatic rings. The molecule has 2 N–H and O–H groups in total. The molecule has 0 aliphatic heterocycles. The van der Waals surface area contributed by atoms with Crippen LogP contribution in [0.2, 0.25) is 0 Å². The van der Waals surface area contributed by atoms with Crippen LogP contribution in [0, 0.1) is 18.6 Å². The van der Waals surface area contributed by atoms with Crippen LogP contribution >= 0.6 is 0 Å². The summed E-state index contributed by atoms with van der Waals surface area (Å²) in [4.78, 5) is 12.3. The maximum absolute atomic E-state index is 13.8. The van der Waals surface area contributed by atoms with Crippen LogP contribution in [-0.2, 0) is 0 Å². The smallest absolute Gasteiger partial charge is 0.252 e. The minimum atomic E-state index is -1.18. The highest BCUT2D eigenvalue weighted by atomic mass is 19.1. The number of carbonyl (C=O) groups excluding carboxylic acids is 1. The number of halogens is 2. The second-order valence-corrected chi connectivity index (χ2v) is 5.02. The van der Waals surface area contributed by atoms with Gasteiger partial charge in [0.25, 0.3) is 5.91 Å². The molecule has 0 radical (unpaired) electrons. The van der Waals surface area contributed by atoms with Crippen LogP contribution in [0.25, 0.3) is 0 Å². The van der Waals surface area contributed by atoms with Gasteiger partial charge < -0.3 is 15.2 Å². The molecule has 0 aromatic heterocycles. The Hall–Kier alpha value is -2.47. The number of benzene rings is 2. The van der Waals surface area contributed by atoms with Gasteiger partial charge in [0, 0.05) is 11.1 Å². The van der Waals surface area contributed by atoms with Gasteiger partial charge in [-0.2, -0.15) is 0 Å². The van der Waals surface area contributed by atoms with Crippen molar-refractivity contribution in [3.8, 4) is 5.75 Å². The van der Waals surface area contributed by atoms with Gasteiger partial charge in [-0.05, 0) is 42.8 Å². The number of amides is 1. The Balaban J connectivity index is 2.27. The van der Waals surface area contributed by atoms with Crippen molar-refractivity contribution in [1.82, 2.24) is 5.32 Å². The predicted molar refractivity (Wildman–Crippen MR) is 81.4 cm³/mol. The van der Waals surface area contributed by atoms with E-state index >= 15 is 0 Å². The van der Waals surface area contributed by atoms with Crippen molar-refractivity contribution in [2.45, 2.75) is 13.0 Å². The van der Waals surface area contributed by atoms with E-state index in [0.29, 0.717) is 16.9 Å². The second kappa shape index (κ2) is 7.19. The average molecular weight is 321 g/mol. The monoisotopic (exact) mass is 321 g/mol. The molecule has 0 heterocycles. The van der Waals surface area contributed by atoms with Crippen LogP contribution in [0.5, 0.6) is 5.75 Å². The second-order valence-electron chi connectivity index (χ2n) is 5.02. The van der Waals surface area contributed by atoms with Crippen LogP contribution in [0.3, 0.4) is 0 Å². The molecule has 1 amide bonds. The van der Waals surface area contributed by atoms with E-state index in [-0.39, 0.29) is 5.56 Å². The molecule has 0 bridgehead atoms. The maximum atomic E-state index is 13.8. The number of rotatable bonds is 5. The minimum absolute atomic E-state index is 0.334. The number of nitrogens with one attached hydrogen (secondary N) is 1. The fourth-order valence-corrected chi connectivity index (χ4v) is 2.31. The third kappa shape index (κ3) is 3.65. The summed E-state index contributed by atoms with van der Waals surface area (Å²) in [5.74, 6) is -1.59. The van der Waals surface area contributed by atoms with Crippen LogP contribution in [0.15, 0.2) is 36.4 Å². The molecular weight excluding hydrogens is 304 g/mol. The zero-order valence-electron chi connectivity index (χ0n) is 12.8. The highest BCUT2D eigenvalue weighted by Crippen LogP contribution is 2.22. The van der Waals surface area contributed by atoms with Crippen LogP contribution < -0.4 is 10.1 Å². The number of aliphatic hydroxyl groups is 1. The molecule has 23 heavy (non-hydrogen) atoms. The van der Waals surface area contributed by atoms with Gasteiger partial charge in [0.2, 0.25) is 0 Å². The summed E-state index contributed by atoms with van der Waals surface area (Å²) in [6, 6.07) is 7.03. The molecule has 6 heteroatoms. The first-order valence-electron chi connectivity index (χ1n) is 6.98.